The van der Waals surface area contributed by atoms with Crippen molar-refractivity contribution >= 4 is 51.5 Å². The first-order valence-electron chi connectivity index (χ1n) is 8.02. The van der Waals surface area contributed by atoms with E-state index < -0.39 is 11.7 Å². The van der Waals surface area contributed by atoms with E-state index in [4.69, 9.17) is 21.5 Å². The Kier molecular flexibility index (Phi) is 6.33. The van der Waals surface area contributed by atoms with Crippen LogP contribution in [-0.4, -0.2) is 24.2 Å². The Labute approximate surface area is 169 Å². The molecule has 0 heterocycles. The van der Waals surface area contributed by atoms with Crippen molar-refractivity contribution in [3.63, 3.8) is 0 Å². The van der Waals surface area contributed by atoms with Crippen molar-refractivity contribution in [2.45, 2.75) is 6.42 Å². The van der Waals surface area contributed by atoms with Gasteiger partial charge in [0.05, 0.1) is 28.6 Å². The predicted molar refractivity (Wildman–Crippen MR) is 106 cm³/mol. The molecule has 0 radical (unpaired) electrons. The monoisotopic (exact) mass is 490 g/mol. The largest absolute Gasteiger partial charge is 0.396 e. The van der Waals surface area contributed by atoms with Crippen molar-refractivity contribution < 1.29 is 19.1 Å². The number of nitrogens with one attached hydrogen (secondary N) is 2. The quantitative estimate of drug-likeness (QED) is 0.403. The summed E-state index contributed by atoms with van der Waals surface area (Å²) in [5.41, 5.74) is 3.45. The molecule has 2 aromatic rings. The zero-order valence-corrected chi connectivity index (χ0v) is 16.6. The van der Waals surface area contributed by atoms with Crippen LogP contribution in [0.1, 0.15) is 16.8 Å². The molecule has 1 aliphatic carbocycles. The van der Waals surface area contributed by atoms with Crippen LogP contribution in [0.4, 0.5) is 15.8 Å². The van der Waals surface area contributed by atoms with E-state index in [0.29, 0.717) is 17.3 Å². The second-order valence-electron chi connectivity index (χ2n) is 6.12. The number of carbonyl (C=O) groups is 1. The first kappa shape index (κ1) is 19.3. The Bertz CT molecular complexity index is 821. The van der Waals surface area contributed by atoms with Gasteiger partial charge in [-0.15, -0.1) is 0 Å². The van der Waals surface area contributed by atoms with Crippen LogP contribution in [0.25, 0.3) is 0 Å². The molecule has 138 valence electrons. The summed E-state index contributed by atoms with van der Waals surface area (Å²) in [4.78, 5) is 17.6. The fourth-order valence-corrected chi connectivity index (χ4v) is 3.46. The number of hydrogen-bond donors (Lipinski definition) is 3. The Morgan fingerprint density at radius 1 is 1.27 bits per heavy atom. The van der Waals surface area contributed by atoms with Crippen LogP contribution < -0.4 is 10.8 Å². The maximum Gasteiger partial charge on any atom is 0.276 e. The van der Waals surface area contributed by atoms with Crippen LogP contribution >= 0.6 is 34.2 Å². The van der Waals surface area contributed by atoms with E-state index in [2.05, 4.69) is 33.4 Å². The van der Waals surface area contributed by atoms with E-state index in [0.717, 1.165) is 9.99 Å². The number of benzene rings is 2. The molecule has 0 aromatic heterocycles. The summed E-state index contributed by atoms with van der Waals surface area (Å²) < 4.78 is 14.6. The minimum absolute atomic E-state index is 0.130. The summed E-state index contributed by atoms with van der Waals surface area (Å²) in [5.74, 6) is -0.458. The Hall–Kier alpha value is -1.42. The molecule has 8 heteroatoms. The maximum absolute atomic E-state index is 13.7. The molecule has 1 saturated carbocycles. The van der Waals surface area contributed by atoms with Gasteiger partial charge in [0, 0.05) is 10.2 Å². The topological polar surface area (TPSA) is 70.6 Å². The molecule has 0 saturated heterocycles. The fourth-order valence-electron chi connectivity index (χ4n) is 2.56. The second kappa shape index (κ2) is 8.51. The summed E-state index contributed by atoms with van der Waals surface area (Å²) in [6, 6.07) is 9.19. The van der Waals surface area contributed by atoms with Gasteiger partial charge in [0.2, 0.25) is 0 Å². The van der Waals surface area contributed by atoms with Gasteiger partial charge in [-0.2, -0.15) is 0 Å². The summed E-state index contributed by atoms with van der Waals surface area (Å²) in [6.07, 6.45) is 0.890. The fraction of sp³-hybridized carbons (Fsp3) is 0.278. The van der Waals surface area contributed by atoms with Gasteiger partial charge in [0.15, 0.2) is 0 Å². The lowest BCUT2D eigenvalue weighted by Gasteiger charge is -2.14. The van der Waals surface area contributed by atoms with E-state index >= 15 is 0 Å². The third-order valence-electron chi connectivity index (χ3n) is 4.19. The lowest BCUT2D eigenvalue weighted by atomic mass is 10.1. The van der Waals surface area contributed by atoms with Gasteiger partial charge in [-0.05, 0) is 77.2 Å². The summed E-state index contributed by atoms with van der Waals surface area (Å²) in [6.45, 7) is 0.467. The molecule has 26 heavy (non-hydrogen) atoms. The lowest BCUT2D eigenvalue weighted by molar-refractivity contribution is 0.0248. The molecule has 3 rings (SSSR count). The molecule has 1 fully saturated rings. The van der Waals surface area contributed by atoms with Crippen molar-refractivity contribution in [3.05, 3.63) is 56.4 Å². The van der Waals surface area contributed by atoms with Crippen LogP contribution in [0.5, 0.6) is 0 Å². The molecule has 2 aromatic carbocycles. The second-order valence-corrected chi connectivity index (χ2v) is 7.77. The van der Waals surface area contributed by atoms with Crippen molar-refractivity contribution in [1.29, 1.82) is 0 Å². The minimum atomic E-state index is -0.490. The highest BCUT2D eigenvalue weighted by molar-refractivity contribution is 14.1. The van der Waals surface area contributed by atoms with E-state index in [1.165, 1.54) is 18.2 Å². The number of amides is 1. The first-order chi connectivity index (χ1) is 12.5. The molecular formula is C18H17ClFIN2O3. The van der Waals surface area contributed by atoms with Crippen molar-refractivity contribution in [3.8, 4) is 0 Å². The molecule has 3 N–H and O–H groups in total. The third-order valence-corrected chi connectivity index (χ3v) is 5.18. The van der Waals surface area contributed by atoms with Crippen LogP contribution in [-0.2, 0) is 4.84 Å². The summed E-state index contributed by atoms with van der Waals surface area (Å²) in [5, 5.41) is 12.5. The van der Waals surface area contributed by atoms with Crippen LogP contribution in [0.2, 0.25) is 5.02 Å². The normalized spacial score (nSPS) is 18.5. The molecule has 1 aliphatic rings. The van der Waals surface area contributed by atoms with Gasteiger partial charge in [-0.25, -0.2) is 9.87 Å². The first-order valence-corrected chi connectivity index (χ1v) is 9.48. The van der Waals surface area contributed by atoms with Gasteiger partial charge >= 0.3 is 0 Å². The van der Waals surface area contributed by atoms with Crippen LogP contribution in [0.3, 0.4) is 0 Å². The molecule has 0 bridgehead atoms. The van der Waals surface area contributed by atoms with Crippen molar-refractivity contribution in [2.75, 3.05) is 18.5 Å². The number of carbonyl (C=O) groups excluding carboxylic acids is 1. The summed E-state index contributed by atoms with van der Waals surface area (Å²) >= 11 is 8.33. The highest BCUT2D eigenvalue weighted by atomic mass is 127. The minimum Gasteiger partial charge on any atom is -0.396 e. The van der Waals surface area contributed by atoms with Gasteiger partial charge in [-0.3, -0.25) is 9.63 Å². The van der Waals surface area contributed by atoms with E-state index in [-0.39, 0.29) is 29.7 Å². The summed E-state index contributed by atoms with van der Waals surface area (Å²) in [7, 11) is 0. The Morgan fingerprint density at radius 3 is 2.77 bits per heavy atom. The highest BCUT2D eigenvalue weighted by Crippen LogP contribution is 2.37. The molecule has 1 amide bonds. The highest BCUT2D eigenvalue weighted by Gasteiger charge is 2.36. The molecule has 0 spiro atoms. The Morgan fingerprint density at radius 2 is 2.08 bits per heavy atom. The van der Waals surface area contributed by atoms with E-state index in [1.54, 1.807) is 12.1 Å². The number of hydroxylamine groups is 1. The Balaban J connectivity index is 1.69. The number of hydrogen-bond acceptors (Lipinski definition) is 4. The molecule has 0 aliphatic heterocycles. The van der Waals surface area contributed by atoms with Crippen molar-refractivity contribution in [2.24, 2.45) is 11.8 Å². The van der Waals surface area contributed by atoms with Gasteiger partial charge in [0.1, 0.15) is 5.82 Å². The predicted octanol–water partition coefficient (Wildman–Crippen LogP) is 4.12. The average Bonchev–Trinajstić information content (AvgIpc) is 3.36. The van der Waals surface area contributed by atoms with Gasteiger partial charge in [-0.1, -0.05) is 11.6 Å². The average molecular weight is 491 g/mol. The van der Waals surface area contributed by atoms with Gasteiger partial charge < -0.3 is 10.4 Å². The number of rotatable bonds is 7. The van der Waals surface area contributed by atoms with E-state index in [9.17, 15) is 9.18 Å². The molecule has 2 unspecified atom stereocenters. The smallest absolute Gasteiger partial charge is 0.276 e. The number of aliphatic hydroxyl groups excluding tert-OH is 1. The zero-order chi connectivity index (χ0) is 18.7. The van der Waals surface area contributed by atoms with Crippen molar-refractivity contribution in [1.82, 2.24) is 5.48 Å². The molecular weight excluding hydrogens is 474 g/mol. The SMILES string of the molecule is O=C(NOCC1CC1CO)c1ccc(F)cc1Nc1ccc(I)cc1Cl. The number of halogens is 3. The van der Waals surface area contributed by atoms with Crippen LogP contribution in [0, 0.1) is 21.2 Å². The van der Waals surface area contributed by atoms with Gasteiger partial charge in [0.25, 0.3) is 5.91 Å². The van der Waals surface area contributed by atoms with Crippen LogP contribution in [0.15, 0.2) is 36.4 Å². The zero-order valence-electron chi connectivity index (χ0n) is 13.6. The number of aliphatic hydroxyl groups is 1. The maximum atomic E-state index is 13.7. The molecule has 2 atom stereocenters. The van der Waals surface area contributed by atoms with E-state index in [1.807, 2.05) is 6.07 Å². The number of anilines is 2. The third kappa shape index (κ3) is 4.85. The molecule has 5 nitrogen and oxygen atoms in total. The lowest BCUT2D eigenvalue weighted by Crippen LogP contribution is -2.25. The standard InChI is InChI=1S/C18H17ClFIN2O3/c19-15-7-13(21)2-4-16(15)22-17-6-12(20)1-3-14(17)18(25)23-26-9-11-5-10(11)8-24/h1-4,6-7,10-11,22,24H,5,8-9H2,(H,23,25).